The number of halogens is 1. The highest BCUT2D eigenvalue weighted by Crippen LogP contribution is 2.26. The third-order valence-corrected chi connectivity index (χ3v) is 6.70. The molecule has 0 bridgehead atoms. The van der Waals surface area contributed by atoms with Crippen molar-refractivity contribution in [2.45, 2.75) is 25.4 Å². The van der Waals surface area contributed by atoms with Crippen molar-refractivity contribution >= 4 is 23.4 Å². The Bertz CT molecular complexity index is 1330. The molecule has 6 nitrogen and oxygen atoms in total. The molecule has 0 saturated carbocycles. The molecule has 0 spiro atoms. The van der Waals surface area contributed by atoms with E-state index in [2.05, 4.69) is 5.32 Å². The summed E-state index contributed by atoms with van der Waals surface area (Å²) in [5.41, 5.74) is 3.82. The zero-order valence-corrected chi connectivity index (χ0v) is 20.6. The summed E-state index contributed by atoms with van der Waals surface area (Å²) >= 11 is 6.09. The molecule has 0 atom stereocenters. The van der Waals surface area contributed by atoms with E-state index in [1.54, 1.807) is 12.1 Å². The van der Waals surface area contributed by atoms with E-state index in [0.717, 1.165) is 11.1 Å². The third-order valence-electron chi connectivity index (χ3n) is 6.45. The highest BCUT2D eigenvalue weighted by Gasteiger charge is 2.28. The van der Waals surface area contributed by atoms with E-state index < -0.39 is 0 Å². The molecule has 3 aromatic carbocycles. The van der Waals surface area contributed by atoms with E-state index in [1.807, 2.05) is 88.6 Å². The van der Waals surface area contributed by atoms with Gasteiger partial charge in [0.25, 0.3) is 11.8 Å². The summed E-state index contributed by atoms with van der Waals surface area (Å²) in [4.78, 5) is 28.0. The molecule has 1 aliphatic rings. The second-order valence-electron chi connectivity index (χ2n) is 8.99. The minimum absolute atomic E-state index is 0.0401. The lowest BCUT2D eigenvalue weighted by Crippen LogP contribution is -2.46. The van der Waals surface area contributed by atoms with E-state index in [-0.39, 0.29) is 17.9 Å². The van der Waals surface area contributed by atoms with Crippen molar-refractivity contribution in [3.63, 3.8) is 0 Å². The van der Waals surface area contributed by atoms with Gasteiger partial charge < -0.3 is 10.2 Å². The molecule has 1 saturated heterocycles. The first-order chi connectivity index (χ1) is 17.6. The summed E-state index contributed by atoms with van der Waals surface area (Å²) in [5, 5.41) is 8.51. The summed E-state index contributed by atoms with van der Waals surface area (Å²) in [7, 11) is 0. The number of benzene rings is 3. The number of nitrogens with one attached hydrogen (secondary N) is 1. The van der Waals surface area contributed by atoms with Gasteiger partial charge in [-0.3, -0.25) is 14.3 Å². The minimum Gasteiger partial charge on any atom is -0.349 e. The molecule has 4 aromatic rings. The number of aromatic nitrogens is 2. The Morgan fingerprint density at radius 1 is 0.889 bits per heavy atom. The van der Waals surface area contributed by atoms with Gasteiger partial charge in [-0.05, 0) is 42.7 Å². The average molecular weight is 499 g/mol. The van der Waals surface area contributed by atoms with Crippen LogP contribution in [0.25, 0.3) is 11.3 Å². The minimum atomic E-state index is -0.0763. The second kappa shape index (κ2) is 10.8. The van der Waals surface area contributed by atoms with Crippen LogP contribution in [0.15, 0.2) is 91.1 Å². The standard InChI is InChI=1S/C29H27ClN4O2/c30-24-13-11-22(12-14-24)27-26(20-34(32-27)19-21-7-3-1-4-8-21)29(36)33-17-15-25(16-18-33)31-28(35)23-9-5-2-6-10-23/h1-14,20,25H,15-19H2,(H,31,35). The number of piperidine rings is 1. The van der Waals surface area contributed by atoms with Gasteiger partial charge in [0.2, 0.25) is 0 Å². The van der Waals surface area contributed by atoms with E-state index in [9.17, 15) is 9.59 Å². The summed E-state index contributed by atoms with van der Waals surface area (Å²) in [6.45, 7) is 1.72. The molecule has 1 N–H and O–H groups in total. The Labute approximate surface area is 215 Å². The summed E-state index contributed by atoms with van der Waals surface area (Å²) < 4.78 is 1.82. The molecular weight excluding hydrogens is 472 g/mol. The number of rotatable bonds is 6. The van der Waals surface area contributed by atoms with Gasteiger partial charge in [0, 0.05) is 41.5 Å². The first-order valence-corrected chi connectivity index (χ1v) is 12.5. The molecule has 1 aliphatic heterocycles. The largest absolute Gasteiger partial charge is 0.349 e. The molecule has 5 rings (SSSR count). The van der Waals surface area contributed by atoms with Gasteiger partial charge in [0.05, 0.1) is 12.1 Å². The van der Waals surface area contributed by atoms with Crippen LogP contribution in [0.3, 0.4) is 0 Å². The highest BCUT2D eigenvalue weighted by atomic mass is 35.5. The molecule has 0 unspecified atom stereocenters. The van der Waals surface area contributed by atoms with E-state index in [0.29, 0.717) is 54.3 Å². The maximum absolute atomic E-state index is 13.6. The average Bonchev–Trinajstić information content (AvgIpc) is 3.34. The zero-order chi connectivity index (χ0) is 24.9. The number of hydrogen-bond donors (Lipinski definition) is 1. The van der Waals surface area contributed by atoms with Gasteiger partial charge in [-0.25, -0.2) is 0 Å². The predicted molar refractivity (Wildman–Crippen MR) is 141 cm³/mol. The van der Waals surface area contributed by atoms with Gasteiger partial charge >= 0.3 is 0 Å². The molecule has 2 heterocycles. The van der Waals surface area contributed by atoms with E-state index in [1.165, 1.54) is 0 Å². The number of carbonyl (C=O) groups is 2. The molecule has 36 heavy (non-hydrogen) atoms. The van der Waals surface area contributed by atoms with E-state index in [4.69, 9.17) is 16.7 Å². The monoisotopic (exact) mass is 498 g/mol. The van der Waals surface area contributed by atoms with Crippen molar-refractivity contribution in [2.75, 3.05) is 13.1 Å². The lowest BCUT2D eigenvalue weighted by Gasteiger charge is -2.32. The summed E-state index contributed by atoms with van der Waals surface area (Å²) in [6, 6.07) is 26.7. The van der Waals surface area contributed by atoms with Gasteiger partial charge in [0.1, 0.15) is 5.69 Å². The van der Waals surface area contributed by atoms with Crippen LogP contribution in [-0.2, 0) is 6.54 Å². The van der Waals surface area contributed by atoms with Gasteiger partial charge in [0.15, 0.2) is 0 Å². The maximum Gasteiger partial charge on any atom is 0.257 e. The summed E-state index contributed by atoms with van der Waals surface area (Å²) in [5.74, 6) is -0.125. The SMILES string of the molecule is O=C(NC1CCN(C(=O)c2cn(Cc3ccccc3)nc2-c2ccc(Cl)cc2)CC1)c1ccccc1. The highest BCUT2D eigenvalue weighted by molar-refractivity contribution is 6.30. The van der Waals surface area contributed by atoms with Crippen LogP contribution < -0.4 is 5.32 Å². The van der Waals surface area contributed by atoms with Crippen LogP contribution in [0.5, 0.6) is 0 Å². The van der Waals surface area contributed by atoms with Crippen molar-refractivity contribution < 1.29 is 9.59 Å². The van der Waals surface area contributed by atoms with Crippen LogP contribution >= 0.6 is 11.6 Å². The van der Waals surface area contributed by atoms with Crippen LogP contribution in [-0.4, -0.2) is 45.6 Å². The van der Waals surface area contributed by atoms with Crippen LogP contribution in [0.2, 0.25) is 5.02 Å². The van der Waals surface area contributed by atoms with Crippen molar-refractivity contribution in [1.29, 1.82) is 0 Å². The van der Waals surface area contributed by atoms with Crippen molar-refractivity contribution in [3.05, 3.63) is 113 Å². The maximum atomic E-state index is 13.6. The van der Waals surface area contributed by atoms with Gasteiger partial charge in [-0.2, -0.15) is 5.10 Å². The normalized spacial score (nSPS) is 14.0. The second-order valence-corrected chi connectivity index (χ2v) is 9.42. The molecule has 1 aromatic heterocycles. The molecule has 0 radical (unpaired) electrons. The topological polar surface area (TPSA) is 67.2 Å². The lowest BCUT2D eigenvalue weighted by atomic mass is 10.0. The van der Waals surface area contributed by atoms with Crippen LogP contribution in [0.1, 0.15) is 39.1 Å². The molecule has 0 aliphatic carbocycles. The van der Waals surface area contributed by atoms with E-state index >= 15 is 0 Å². The van der Waals surface area contributed by atoms with Crippen LogP contribution in [0, 0.1) is 0 Å². The van der Waals surface area contributed by atoms with Crippen molar-refractivity contribution in [1.82, 2.24) is 20.0 Å². The zero-order valence-electron chi connectivity index (χ0n) is 19.8. The van der Waals surface area contributed by atoms with Crippen LogP contribution in [0.4, 0.5) is 0 Å². The summed E-state index contributed by atoms with van der Waals surface area (Å²) in [6.07, 6.45) is 3.25. The number of nitrogens with zero attached hydrogens (tertiary/aromatic N) is 3. The molecular formula is C29H27ClN4O2. The fourth-order valence-corrected chi connectivity index (χ4v) is 4.63. The number of carbonyl (C=O) groups excluding carboxylic acids is 2. The Hall–Kier alpha value is -3.90. The van der Waals surface area contributed by atoms with Gasteiger partial charge in [-0.15, -0.1) is 0 Å². The van der Waals surface area contributed by atoms with Crippen molar-refractivity contribution in [2.24, 2.45) is 0 Å². The fourth-order valence-electron chi connectivity index (χ4n) is 4.51. The molecule has 7 heteroatoms. The Kier molecular flexibility index (Phi) is 7.14. The quantitative estimate of drug-likeness (QED) is 0.393. The number of likely N-dealkylation sites (tertiary alicyclic amines) is 1. The molecule has 1 fully saturated rings. The first-order valence-electron chi connectivity index (χ1n) is 12.1. The Morgan fingerprint density at radius 3 is 2.19 bits per heavy atom. The lowest BCUT2D eigenvalue weighted by molar-refractivity contribution is 0.0698. The van der Waals surface area contributed by atoms with Crippen molar-refractivity contribution in [3.8, 4) is 11.3 Å². The smallest absolute Gasteiger partial charge is 0.257 e. The Morgan fingerprint density at radius 2 is 1.53 bits per heavy atom. The molecule has 2 amide bonds. The first kappa shape index (κ1) is 23.8. The number of amides is 2. The molecule has 182 valence electrons. The predicted octanol–water partition coefficient (Wildman–Crippen LogP) is 5.29. The Balaban J connectivity index is 1.31. The number of hydrogen-bond acceptors (Lipinski definition) is 3. The van der Waals surface area contributed by atoms with Gasteiger partial charge in [-0.1, -0.05) is 72.3 Å². The third kappa shape index (κ3) is 5.50. The fraction of sp³-hybridized carbons (Fsp3) is 0.207.